The molecule has 0 spiro atoms. The van der Waals surface area contributed by atoms with Crippen LogP contribution in [0.4, 0.5) is 0 Å². The first-order valence-electron chi connectivity index (χ1n) is 6.93. The number of carboxylic acid groups (broad SMARTS) is 1. The Bertz CT molecular complexity index is 912. The predicted molar refractivity (Wildman–Crippen MR) is 89.2 cm³/mol. The average Bonchev–Trinajstić information content (AvgIpc) is 2.64. The van der Waals surface area contributed by atoms with Gasteiger partial charge in [-0.25, -0.2) is 13.2 Å². The highest BCUT2D eigenvalue weighted by molar-refractivity contribution is 7.91. The third kappa shape index (κ3) is 3.16. The van der Waals surface area contributed by atoms with Crippen molar-refractivity contribution in [3.63, 3.8) is 0 Å². The molecule has 2 aromatic carbocycles. The van der Waals surface area contributed by atoms with Crippen LogP contribution in [-0.2, 0) is 14.6 Å². The molecule has 6 heteroatoms. The number of aliphatic carboxylic acids is 1. The molecule has 1 N–H and O–H groups in total. The first-order chi connectivity index (χ1) is 10.9. The number of carbonyl (C=O) groups is 1. The van der Waals surface area contributed by atoms with Crippen molar-refractivity contribution in [1.29, 1.82) is 0 Å². The number of carboxylic acids is 1. The largest absolute Gasteiger partial charge is 0.478 e. The summed E-state index contributed by atoms with van der Waals surface area (Å²) in [5.74, 6) is -1.29. The molecule has 0 unspecified atom stereocenters. The van der Waals surface area contributed by atoms with E-state index in [0.29, 0.717) is 10.6 Å². The summed E-state index contributed by atoms with van der Waals surface area (Å²) in [5.41, 5.74) is 2.19. The van der Waals surface area contributed by atoms with E-state index < -0.39 is 15.8 Å². The lowest BCUT2D eigenvalue weighted by atomic mass is 10.0. The van der Waals surface area contributed by atoms with Gasteiger partial charge in [0.05, 0.1) is 10.6 Å². The van der Waals surface area contributed by atoms with Crippen LogP contribution < -0.4 is 0 Å². The van der Waals surface area contributed by atoms with Gasteiger partial charge in [-0.1, -0.05) is 29.8 Å². The fraction of sp³-hybridized carbons (Fsp3) is 0.118. The second kappa shape index (κ2) is 5.83. The van der Waals surface area contributed by atoms with Crippen molar-refractivity contribution in [2.45, 2.75) is 11.3 Å². The van der Waals surface area contributed by atoms with Crippen LogP contribution in [0.5, 0.6) is 0 Å². The van der Waals surface area contributed by atoms with Crippen molar-refractivity contribution >= 4 is 33.5 Å². The number of halogens is 1. The maximum absolute atomic E-state index is 12.3. The minimum Gasteiger partial charge on any atom is -0.478 e. The maximum atomic E-state index is 12.3. The van der Waals surface area contributed by atoms with Gasteiger partial charge in [-0.05, 0) is 53.5 Å². The van der Waals surface area contributed by atoms with Crippen LogP contribution in [0.25, 0.3) is 17.2 Å². The molecule has 1 aliphatic heterocycles. The molecule has 1 heterocycles. The topological polar surface area (TPSA) is 71.4 Å². The van der Waals surface area contributed by atoms with Crippen LogP contribution in [0, 0.1) is 0 Å². The van der Waals surface area contributed by atoms with Crippen molar-refractivity contribution in [2.24, 2.45) is 0 Å². The highest BCUT2D eigenvalue weighted by Crippen LogP contribution is 2.31. The first-order valence-corrected chi connectivity index (χ1v) is 8.96. The summed E-state index contributed by atoms with van der Waals surface area (Å²) in [4.78, 5) is 11.4. The molecule has 0 fully saturated rings. The summed E-state index contributed by atoms with van der Waals surface area (Å²) in [7, 11) is -3.49. The van der Waals surface area contributed by atoms with Crippen LogP contribution in [0.15, 0.2) is 52.9 Å². The third-order valence-electron chi connectivity index (χ3n) is 3.77. The normalized spacial score (nSPS) is 16.1. The maximum Gasteiger partial charge on any atom is 0.331 e. The van der Waals surface area contributed by atoms with E-state index in [-0.39, 0.29) is 22.6 Å². The number of benzene rings is 2. The van der Waals surface area contributed by atoms with Crippen molar-refractivity contribution in [3.8, 4) is 11.1 Å². The van der Waals surface area contributed by atoms with Gasteiger partial charge in [-0.2, -0.15) is 0 Å². The lowest BCUT2D eigenvalue weighted by Crippen LogP contribution is -2.08. The minimum atomic E-state index is -3.49. The van der Waals surface area contributed by atoms with Crippen LogP contribution in [-0.4, -0.2) is 25.2 Å². The van der Waals surface area contributed by atoms with Crippen molar-refractivity contribution in [3.05, 3.63) is 58.6 Å². The molecule has 3 rings (SSSR count). The standard InChI is InChI=1S/C17H13ClO4S/c18-15-4-1-11(2-5-15)12-3-6-16-14(9-12)10-13(17(19)20)7-8-23(16,21)22/h1-6,9-10H,7-8H2,(H,19,20). The second-order valence-electron chi connectivity index (χ2n) is 5.30. The molecular weight excluding hydrogens is 336 g/mol. The molecule has 118 valence electrons. The first kappa shape index (κ1) is 15.8. The molecule has 2 aromatic rings. The molecule has 0 radical (unpaired) electrons. The highest BCUT2D eigenvalue weighted by Gasteiger charge is 2.24. The average molecular weight is 349 g/mol. The summed E-state index contributed by atoms with van der Waals surface area (Å²) in [6, 6.07) is 12.1. The monoisotopic (exact) mass is 348 g/mol. The SMILES string of the molecule is O=C(O)C1=Cc2cc(-c3ccc(Cl)cc3)ccc2S(=O)(=O)CC1. The van der Waals surface area contributed by atoms with Gasteiger partial charge in [0.2, 0.25) is 0 Å². The molecule has 23 heavy (non-hydrogen) atoms. The molecule has 0 atom stereocenters. The van der Waals surface area contributed by atoms with Crippen LogP contribution in [0.3, 0.4) is 0 Å². The number of fused-ring (bicyclic) bond motifs is 1. The summed E-state index contributed by atoms with van der Waals surface area (Å²) in [5, 5.41) is 9.81. The lowest BCUT2D eigenvalue weighted by Gasteiger charge is -2.08. The van der Waals surface area contributed by atoms with E-state index in [4.69, 9.17) is 11.6 Å². The molecule has 0 saturated carbocycles. The van der Waals surface area contributed by atoms with Gasteiger partial charge >= 0.3 is 5.97 Å². The third-order valence-corrected chi connectivity index (χ3v) is 5.80. The second-order valence-corrected chi connectivity index (χ2v) is 7.82. The molecule has 0 bridgehead atoms. The Balaban J connectivity index is 2.17. The Kier molecular flexibility index (Phi) is 4.00. The Morgan fingerprint density at radius 2 is 1.70 bits per heavy atom. The Labute approximate surface area is 139 Å². The number of hydrogen-bond acceptors (Lipinski definition) is 3. The minimum absolute atomic E-state index is 0.00260. The molecule has 0 amide bonds. The van der Waals surface area contributed by atoms with Crippen molar-refractivity contribution in [1.82, 2.24) is 0 Å². The smallest absolute Gasteiger partial charge is 0.331 e. The summed E-state index contributed by atoms with van der Waals surface area (Å²) in [6.07, 6.45) is 1.45. The quantitative estimate of drug-likeness (QED) is 0.899. The van der Waals surface area contributed by atoms with E-state index in [9.17, 15) is 18.3 Å². The fourth-order valence-corrected chi connectivity index (χ4v) is 4.14. The highest BCUT2D eigenvalue weighted by atomic mass is 35.5. The number of sulfone groups is 1. The zero-order chi connectivity index (χ0) is 16.6. The van der Waals surface area contributed by atoms with Gasteiger partial charge in [-0.15, -0.1) is 0 Å². The van der Waals surface area contributed by atoms with Crippen LogP contribution in [0.2, 0.25) is 5.02 Å². The van der Waals surface area contributed by atoms with E-state index >= 15 is 0 Å². The van der Waals surface area contributed by atoms with Gasteiger partial charge in [0, 0.05) is 10.6 Å². The van der Waals surface area contributed by atoms with Gasteiger partial charge in [0.25, 0.3) is 0 Å². The van der Waals surface area contributed by atoms with Crippen molar-refractivity contribution < 1.29 is 18.3 Å². The van der Waals surface area contributed by atoms with Crippen LogP contribution >= 0.6 is 11.6 Å². The lowest BCUT2D eigenvalue weighted by molar-refractivity contribution is -0.132. The Morgan fingerprint density at radius 3 is 2.35 bits per heavy atom. The van der Waals surface area contributed by atoms with E-state index in [0.717, 1.165) is 11.1 Å². The van der Waals surface area contributed by atoms with Gasteiger partial charge < -0.3 is 5.11 Å². The summed E-state index contributed by atoms with van der Waals surface area (Å²) in [6.45, 7) is 0. The van der Waals surface area contributed by atoms with E-state index in [2.05, 4.69) is 0 Å². The van der Waals surface area contributed by atoms with Crippen LogP contribution in [0.1, 0.15) is 12.0 Å². The van der Waals surface area contributed by atoms with Crippen molar-refractivity contribution in [2.75, 3.05) is 5.75 Å². The van der Waals surface area contributed by atoms with E-state index in [1.165, 1.54) is 12.1 Å². The zero-order valence-corrected chi connectivity index (χ0v) is 13.6. The molecule has 0 aromatic heterocycles. The number of rotatable bonds is 2. The molecule has 1 aliphatic rings. The summed E-state index contributed by atoms with van der Waals surface area (Å²) < 4.78 is 24.6. The molecule has 0 aliphatic carbocycles. The Morgan fingerprint density at radius 1 is 1.04 bits per heavy atom. The van der Waals surface area contributed by atoms with Gasteiger partial charge in [-0.3, -0.25) is 0 Å². The molecule has 0 saturated heterocycles. The van der Waals surface area contributed by atoms with Gasteiger partial charge in [0.15, 0.2) is 9.84 Å². The predicted octanol–water partition coefficient (Wildman–Crippen LogP) is 3.65. The van der Waals surface area contributed by atoms with E-state index in [1.54, 1.807) is 24.3 Å². The Hall–Kier alpha value is -2.11. The van der Waals surface area contributed by atoms with Gasteiger partial charge in [0.1, 0.15) is 0 Å². The summed E-state index contributed by atoms with van der Waals surface area (Å²) >= 11 is 5.87. The zero-order valence-electron chi connectivity index (χ0n) is 12.0. The number of hydrogen-bond donors (Lipinski definition) is 1. The van der Waals surface area contributed by atoms with E-state index in [1.807, 2.05) is 12.1 Å². The molecular formula is C17H13ClO4S. The fourth-order valence-electron chi connectivity index (χ4n) is 2.55. The molecule has 4 nitrogen and oxygen atoms in total.